The van der Waals surface area contributed by atoms with Gasteiger partial charge in [-0.1, -0.05) is 44.5 Å². The molecule has 0 radical (unpaired) electrons. The Kier molecular flexibility index (Phi) is 7.87. The molecule has 4 aromatic rings. The SMILES string of the molecule is C[C@@H]1[C@@H](N=C(Nc2ccc3c(=O)n(CCc4ccc(Cl)cc4)c(-c4ncc[nH]4)nc3c2)N2CC(=O)N[C@@H](C)C2)C[C@H]2C[C@@H]1C2(C)C. The Morgan fingerprint density at radius 2 is 1.93 bits per heavy atom. The zero-order valence-corrected chi connectivity index (χ0v) is 27.5. The molecule has 46 heavy (non-hydrogen) atoms. The highest BCUT2D eigenvalue weighted by atomic mass is 35.5. The fourth-order valence-corrected chi connectivity index (χ4v) is 7.96. The molecule has 5 atom stereocenters. The molecule has 2 aromatic heterocycles. The number of fused-ring (bicyclic) bond motifs is 3. The predicted octanol–water partition coefficient (Wildman–Crippen LogP) is 5.34. The van der Waals surface area contributed by atoms with Crippen LogP contribution >= 0.6 is 11.6 Å². The Balaban J connectivity index is 1.23. The number of carbonyl (C=O) groups is 1. The number of hydrogen-bond donors (Lipinski definition) is 3. The van der Waals surface area contributed by atoms with E-state index < -0.39 is 0 Å². The maximum atomic E-state index is 13.9. The number of nitrogens with one attached hydrogen (secondary N) is 3. The number of aromatic amines is 1. The molecule has 2 bridgehead atoms. The zero-order valence-electron chi connectivity index (χ0n) is 26.8. The topological polar surface area (TPSA) is 120 Å². The first kappa shape index (κ1) is 30.5. The number of piperazine rings is 1. The first-order valence-corrected chi connectivity index (χ1v) is 16.6. The van der Waals surface area contributed by atoms with Crippen molar-refractivity contribution in [3.05, 3.63) is 75.8 Å². The van der Waals surface area contributed by atoms with E-state index >= 15 is 0 Å². The number of carbonyl (C=O) groups excluding carboxylic acids is 1. The summed E-state index contributed by atoms with van der Waals surface area (Å²) in [4.78, 5) is 46.4. The lowest BCUT2D eigenvalue weighted by Crippen LogP contribution is -2.58. The van der Waals surface area contributed by atoms with Gasteiger partial charge in [0.25, 0.3) is 5.56 Å². The summed E-state index contributed by atoms with van der Waals surface area (Å²) in [6.45, 7) is 10.4. The van der Waals surface area contributed by atoms with Gasteiger partial charge in [0, 0.05) is 42.2 Å². The number of guanidine groups is 1. The van der Waals surface area contributed by atoms with Crippen LogP contribution in [0, 0.1) is 23.2 Å². The number of imidazole rings is 1. The Bertz CT molecular complexity index is 1850. The first-order chi connectivity index (χ1) is 22.1. The monoisotopic (exact) mass is 640 g/mol. The Hall–Kier alpha value is -4.18. The average Bonchev–Trinajstić information content (AvgIpc) is 3.56. The van der Waals surface area contributed by atoms with Crippen molar-refractivity contribution in [2.45, 2.75) is 65.6 Å². The van der Waals surface area contributed by atoms with E-state index in [1.165, 1.54) is 6.42 Å². The number of anilines is 1. The first-order valence-electron chi connectivity index (χ1n) is 16.2. The van der Waals surface area contributed by atoms with E-state index in [0.717, 1.165) is 17.7 Å². The maximum Gasteiger partial charge on any atom is 0.261 e. The number of aliphatic imine (C=N–C) groups is 1. The fraction of sp³-hybridized carbons (Fsp3) is 0.457. The average molecular weight is 641 g/mol. The van der Waals surface area contributed by atoms with E-state index in [1.54, 1.807) is 17.0 Å². The molecule has 1 amide bonds. The second-order valence-corrected chi connectivity index (χ2v) is 14.3. The van der Waals surface area contributed by atoms with E-state index in [1.807, 2.05) is 54.3 Å². The largest absolute Gasteiger partial charge is 0.350 e. The lowest BCUT2D eigenvalue weighted by Gasteiger charge is -2.61. The zero-order chi connectivity index (χ0) is 32.2. The number of rotatable bonds is 6. The highest BCUT2D eigenvalue weighted by Gasteiger charge is 2.56. The summed E-state index contributed by atoms with van der Waals surface area (Å²) in [5.41, 5.74) is 2.61. The summed E-state index contributed by atoms with van der Waals surface area (Å²) in [5, 5.41) is 7.76. The van der Waals surface area contributed by atoms with E-state index in [-0.39, 0.29) is 30.1 Å². The van der Waals surface area contributed by atoms with E-state index in [4.69, 9.17) is 21.6 Å². The second kappa shape index (κ2) is 11.9. The van der Waals surface area contributed by atoms with Crippen LogP contribution < -0.4 is 16.2 Å². The summed E-state index contributed by atoms with van der Waals surface area (Å²) < 4.78 is 1.68. The second-order valence-electron chi connectivity index (χ2n) is 13.9. The molecule has 8 rings (SSSR count). The lowest BCUT2D eigenvalue weighted by atomic mass is 9.45. The van der Waals surface area contributed by atoms with E-state index in [0.29, 0.717) is 76.2 Å². The van der Waals surface area contributed by atoms with Crippen molar-refractivity contribution in [3.8, 4) is 11.6 Å². The molecule has 3 aliphatic carbocycles. The molecule has 3 N–H and O–H groups in total. The normalized spacial score (nSPS) is 25.7. The van der Waals surface area contributed by atoms with Crippen LogP contribution in [0.15, 0.2) is 64.6 Å². The van der Waals surface area contributed by atoms with Gasteiger partial charge in [0.15, 0.2) is 17.6 Å². The maximum absolute atomic E-state index is 13.9. The van der Waals surface area contributed by atoms with Crippen molar-refractivity contribution in [2.24, 2.45) is 28.2 Å². The van der Waals surface area contributed by atoms with E-state index in [9.17, 15) is 9.59 Å². The van der Waals surface area contributed by atoms with Gasteiger partial charge in [-0.05, 0) is 85.3 Å². The third-order valence-electron chi connectivity index (χ3n) is 10.6. The van der Waals surface area contributed by atoms with Gasteiger partial charge in [0.05, 0.1) is 23.5 Å². The van der Waals surface area contributed by atoms with E-state index in [2.05, 4.69) is 41.4 Å². The number of halogens is 1. The van der Waals surface area contributed by atoms with Crippen molar-refractivity contribution in [3.63, 3.8) is 0 Å². The van der Waals surface area contributed by atoms with Crippen LogP contribution in [0.4, 0.5) is 5.69 Å². The highest BCUT2D eigenvalue weighted by Crippen LogP contribution is 2.61. The summed E-state index contributed by atoms with van der Waals surface area (Å²) >= 11 is 6.08. The number of aromatic nitrogens is 4. The van der Waals surface area contributed by atoms with Crippen LogP contribution in [-0.4, -0.2) is 61.5 Å². The molecule has 10 nitrogen and oxygen atoms in total. The van der Waals surface area contributed by atoms with Crippen LogP contribution in [0.25, 0.3) is 22.6 Å². The molecule has 1 aliphatic heterocycles. The molecule has 4 aliphatic rings. The summed E-state index contributed by atoms with van der Waals surface area (Å²) in [7, 11) is 0. The molecule has 2 aromatic carbocycles. The van der Waals surface area contributed by atoms with Crippen LogP contribution in [0.3, 0.4) is 0 Å². The minimum atomic E-state index is -0.134. The Labute approximate surface area is 273 Å². The fourth-order valence-electron chi connectivity index (χ4n) is 7.83. The molecule has 240 valence electrons. The minimum absolute atomic E-state index is 0.00447. The molecular formula is C35H41ClN8O2. The predicted molar refractivity (Wildman–Crippen MR) is 182 cm³/mol. The number of H-pyrrole nitrogens is 1. The third kappa shape index (κ3) is 5.68. The van der Waals surface area contributed by atoms with Gasteiger partial charge in [-0.3, -0.25) is 14.2 Å². The molecule has 4 fully saturated rings. The van der Waals surface area contributed by atoms with Crippen molar-refractivity contribution < 1.29 is 4.79 Å². The summed E-state index contributed by atoms with van der Waals surface area (Å²) in [6, 6.07) is 13.4. The van der Waals surface area contributed by atoms with Crippen LogP contribution in [0.1, 0.15) is 46.1 Å². The highest BCUT2D eigenvalue weighted by molar-refractivity contribution is 6.30. The molecule has 3 saturated carbocycles. The van der Waals surface area contributed by atoms with Crippen LogP contribution in [0.2, 0.25) is 5.02 Å². The van der Waals surface area contributed by atoms with Crippen molar-refractivity contribution >= 4 is 40.1 Å². The van der Waals surface area contributed by atoms with Crippen molar-refractivity contribution in [2.75, 3.05) is 18.4 Å². The van der Waals surface area contributed by atoms with Crippen molar-refractivity contribution in [1.82, 2.24) is 29.7 Å². The molecule has 1 saturated heterocycles. The number of benzene rings is 2. The van der Waals surface area contributed by atoms with Gasteiger partial charge in [-0.25, -0.2) is 15.0 Å². The number of nitrogens with zero attached hydrogens (tertiary/aromatic N) is 5. The van der Waals surface area contributed by atoms with Gasteiger partial charge in [-0.15, -0.1) is 0 Å². The third-order valence-corrected chi connectivity index (χ3v) is 10.8. The number of amides is 1. The summed E-state index contributed by atoms with van der Waals surface area (Å²) in [5.74, 6) is 3.44. The van der Waals surface area contributed by atoms with Crippen LogP contribution in [0.5, 0.6) is 0 Å². The van der Waals surface area contributed by atoms with Gasteiger partial charge in [0.2, 0.25) is 5.91 Å². The Morgan fingerprint density at radius 1 is 1.13 bits per heavy atom. The van der Waals surface area contributed by atoms with Gasteiger partial charge in [0.1, 0.15) is 0 Å². The minimum Gasteiger partial charge on any atom is -0.350 e. The van der Waals surface area contributed by atoms with Gasteiger partial charge in [-0.2, -0.15) is 0 Å². The molecule has 3 heterocycles. The quantitative estimate of drug-likeness (QED) is 0.193. The molecule has 11 heteroatoms. The lowest BCUT2D eigenvalue weighted by molar-refractivity contribution is -0.124. The number of hydrogen-bond acceptors (Lipinski definition) is 5. The van der Waals surface area contributed by atoms with Crippen molar-refractivity contribution in [1.29, 1.82) is 0 Å². The molecule has 0 unspecified atom stereocenters. The summed E-state index contributed by atoms with van der Waals surface area (Å²) in [6.07, 6.45) is 6.34. The van der Waals surface area contributed by atoms with Crippen LogP contribution in [-0.2, 0) is 17.8 Å². The number of aryl methyl sites for hydroxylation is 1. The standard InChI is InChI=1S/C35H41ClN8O2/c1-20-18-43(19-30(45)39-20)34(42-28-16-23-15-27(21(28)2)35(23,3)4)40-25-9-10-26-29(17-25)41-32(31-37-12-13-38-31)44(33(26)46)14-11-22-5-7-24(36)8-6-22/h5-10,12-13,17,20-21,23,27-28H,11,14-16,18-19H2,1-4H3,(H,37,38)(H,39,45)(H,40,42)/t20-,21-,23+,27-,28-/m0/s1. The van der Waals surface area contributed by atoms with Gasteiger partial charge < -0.3 is 20.5 Å². The van der Waals surface area contributed by atoms with Gasteiger partial charge >= 0.3 is 0 Å². The smallest absolute Gasteiger partial charge is 0.261 e. The molecular weight excluding hydrogens is 600 g/mol. The Morgan fingerprint density at radius 3 is 2.63 bits per heavy atom. The molecule has 0 spiro atoms.